The molecule has 4 nitrogen and oxygen atoms in total. The summed E-state index contributed by atoms with van der Waals surface area (Å²) in [5, 5.41) is 3.16. The molecule has 1 aliphatic rings. The van der Waals surface area contributed by atoms with E-state index in [1.807, 2.05) is 30.2 Å². The highest BCUT2D eigenvalue weighted by molar-refractivity contribution is 5.82. The van der Waals surface area contributed by atoms with Crippen molar-refractivity contribution in [1.82, 2.24) is 15.2 Å². The highest BCUT2D eigenvalue weighted by atomic mass is 16.2. The zero-order valence-electron chi connectivity index (χ0n) is 9.52. The van der Waals surface area contributed by atoms with Crippen molar-refractivity contribution in [3.63, 3.8) is 0 Å². The lowest BCUT2D eigenvalue weighted by atomic mass is 10.1. The van der Waals surface area contributed by atoms with Gasteiger partial charge in [-0.25, -0.2) is 0 Å². The molecular formula is C12H17N3O. The fraction of sp³-hybridized carbons (Fsp3) is 0.500. The van der Waals surface area contributed by atoms with Crippen molar-refractivity contribution in [2.75, 3.05) is 19.6 Å². The first-order chi connectivity index (χ1) is 7.77. The molecule has 1 unspecified atom stereocenters. The fourth-order valence-electron chi connectivity index (χ4n) is 1.92. The highest BCUT2D eigenvalue weighted by Crippen LogP contribution is 2.04. The van der Waals surface area contributed by atoms with Gasteiger partial charge in [-0.05, 0) is 25.0 Å². The van der Waals surface area contributed by atoms with Crippen LogP contribution >= 0.6 is 0 Å². The highest BCUT2D eigenvalue weighted by Gasteiger charge is 2.23. The van der Waals surface area contributed by atoms with E-state index >= 15 is 0 Å². The minimum absolute atomic E-state index is 0.0392. The summed E-state index contributed by atoms with van der Waals surface area (Å²) >= 11 is 0. The van der Waals surface area contributed by atoms with Crippen molar-refractivity contribution < 1.29 is 4.79 Å². The van der Waals surface area contributed by atoms with Crippen LogP contribution in [0.3, 0.4) is 0 Å². The first kappa shape index (κ1) is 11.1. The smallest absolute Gasteiger partial charge is 0.239 e. The molecule has 2 heterocycles. The largest absolute Gasteiger partial charge is 0.340 e. The topological polar surface area (TPSA) is 45.2 Å². The number of aromatic nitrogens is 1. The van der Waals surface area contributed by atoms with E-state index in [-0.39, 0.29) is 11.9 Å². The van der Waals surface area contributed by atoms with Gasteiger partial charge in [-0.3, -0.25) is 9.78 Å². The average molecular weight is 219 g/mol. The van der Waals surface area contributed by atoms with E-state index in [2.05, 4.69) is 10.3 Å². The Balaban J connectivity index is 1.88. The Morgan fingerprint density at radius 3 is 3.25 bits per heavy atom. The number of pyridine rings is 1. The van der Waals surface area contributed by atoms with E-state index in [0.29, 0.717) is 0 Å². The van der Waals surface area contributed by atoms with E-state index in [0.717, 1.165) is 26.1 Å². The molecule has 1 fully saturated rings. The molecule has 1 amide bonds. The minimum atomic E-state index is -0.0392. The maximum atomic E-state index is 11.8. The van der Waals surface area contributed by atoms with Crippen molar-refractivity contribution >= 4 is 5.91 Å². The molecule has 1 aliphatic heterocycles. The summed E-state index contributed by atoms with van der Waals surface area (Å²) in [6.45, 7) is 4.40. The minimum Gasteiger partial charge on any atom is -0.340 e. The average Bonchev–Trinajstić information content (AvgIpc) is 2.32. The molecule has 1 N–H and O–H groups in total. The zero-order valence-corrected chi connectivity index (χ0v) is 9.52. The molecule has 4 heteroatoms. The molecule has 0 aromatic carbocycles. The Bertz CT molecular complexity index is 353. The number of piperazine rings is 1. The summed E-state index contributed by atoms with van der Waals surface area (Å²) in [5.41, 5.74) is 1.18. The number of hydrogen-bond donors (Lipinski definition) is 1. The summed E-state index contributed by atoms with van der Waals surface area (Å²) in [6.07, 6.45) is 4.50. The zero-order chi connectivity index (χ0) is 11.4. The van der Waals surface area contributed by atoms with Gasteiger partial charge < -0.3 is 10.2 Å². The molecule has 0 bridgehead atoms. The molecule has 1 aromatic heterocycles. The molecule has 1 aromatic rings. The third-order valence-electron chi connectivity index (χ3n) is 2.91. The summed E-state index contributed by atoms with van der Waals surface area (Å²) < 4.78 is 0. The molecule has 0 aliphatic carbocycles. The van der Waals surface area contributed by atoms with Gasteiger partial charge in [-0.1, -0.05) is 6.07 Å². The first-order valence-electron chi connectivity index (χ1n) is 5.68. The van der Waals surface area contributed by atoms with Crippen molar-refractivity contribution in [1.29, 1.82) is 0 Å². The van der Waals surface area contributed by atoms with Gasteiger partial charge in [0.25, 0.3) is 0 Å². The van der Waals surface area contributed by atoms with Gasteiger partial charge in [0.15, 0.2) is 0 Å². The van der Waals surface area contributed by atoms with Crippen LogP contribution in [0.2, 0.25) is 0 Å². The lowest BCUT2D eigenvalue weighted by molar-refractivity contribution is -0.135. The van der Waals surface area contributed by atoms with Crippen LogP contribution < -0.4 is 5.32 Å². The molecule has 86 valence electrons. The third-order valence-corrected chi connectivity index (χ3v) is 2.91. The van der Waals surface area contributed by atoms with Crippen LogP contribution in [0.1, 0.15) is 12.5 Å². The molecule has 0 spiro atoms. The van der Waals surface area contributed by atoms with Crippen molar-refractivity contribution in [2.45, 2.75) is 19.4 Å². The molecular weight excluding hydrogens is 202 g/mol. The van der Waals surface area contributed by atoms with Crippen LogP contribution in [0.15, 0.2) is 24.5 Å². The normalized spacial score (nSPS) is 21.2. The van der Waals surface area contributed by atoms with E-state index in [4.69, 9.17) is 0 Å². The monoisotopic (exact) mass is 219 g/mol. The van der Waals surface area contributed by atoms with Crippen LogP contribution in [-0.2, 0) is 11.2 Å². The SMILES string of the molecule is CC1NCCN(CCc2cccnc2)C1=O. The van der Waals surface area contributed by atoms with Crippen LogP contribution in [0.4, 0.5) is 0 Å². The van der Waals surface area contributed by atoms with Crippen LogP contribution in [0, 0.1) is 0 Å². The maximum Gasteiger partial charge on any atom is 0.239 e. The molecule has 16 heavy (non-hydrogen) atoms. The number of rotatable bonds is 3. The van der Waals surface area contributed by atoms with Gasteiger partial charge in [0.1, 0.15) is 0 Å². The van der Waals surface area contributed by atoms with Gasteiger partial charge in [0, 0.05) is 32.0 Å². The fourth-order valence-corrected chi connectivity index (χ4v) is 1.92. The standard InChI is InChI=1S/C12H17N3O/c1-10-12(16)15(8-6-14-10)7-4-11-3-2-5-13-9-11/h2-3,5,9-10,14H,4,6-8H2,1H3. The third kappa shape index (κ3) is 2.58. The second kappa shape index (κ2) is 5.07. The van der Waals surface area contributed by atoms with Crippen LogP contribution in [0.5, 0.6) is 0 Å². The Morgan fingerprint density at radius 1 is 1.62 bits per heavy atom. The summed E-state index contributed by atoms with van der Waals surface area (Å²) in [4.78, 5) is 17.8. The predicted molar refractivity (Wildman–Crippen MR) is 62.0 cm³/mol. The van der Waals surface area contributed by atoms with Gasteiger partial charge in [0.05, 0.1) is 6.04 Å². The molecule has 2 rings (SSSR count). The second-order valence-electron chi connectivity index (χ2n) is 4.11. The van der Waals surface area contributed by atoms with Crippen molar-refractivity contribution in [3.8, 4) is 0 Å². The van der Waals surface area contributed by atoms with Crippen LogP contribution in [0.25, 0.3) is 0 Å². The Kier molecular flexibility index (Phi) is 3.51. The molecule has 0 saturated carbocycles. The quantitative estimate of drug-likeness (QED) is 0.802. The number of nitrogens with one attached hydrogen (secondary N) is 1. The van der Waals surface area contributed by atoms with Gasteiger partial charge in [-0.15, -0.1) is 0 Å². The lowest BCUT2D eigenvalue weighted by Gasteiger charge is -2.31. The number of carbonyl (C=O) groups is 1. The van der Waals surface area contributed by atoms with Crippen LogP contribution in [-0.4, -0.2) is 41.5 Å². The summed E-state index contributed by atoms with van der Waals surface area (Å²) in [5.74, 6) is 0.204. The number of hydrogen-bond acceptors (Lipinski definition) is 3. The van der Waals surface area contributed by atoms with Crippen molar-refractivity contribution in [2.24, 2.45) is 0 Å². The predicted octanol–water partition coefficient (Wildman–Crippen LogP) is 0.444. The number of carbonyl (C=O) groups excluding carboxylic acids is 1. The summed E-state index contributed by atoms with van der Waals surface area (Å²) in [7, 11) is 0. The van der Waals surface area contributed by atoms with E-state index in [1.54, 1.807) is 6.20 Å². The van der Waals surface area contributed by atoms with Gasteiger partial charge in [0.2, 0.25) is 5.91 Å². The Labute approximate surface area is 95.7 Å². The van der Waals surface area contributed by atoms with E-state index < -0.39 is 0 Å². The first-order valence-corrected chi connectivity index (χ1v) is 5.68. The Hall–Kier alpha value is -1.42. The molecule has 0 radical (unpaired) electrons. The van der Waals surface area contributed by atoms with Gasteiger partial charge >= 0.3 is 0 Å². The van der Waals surface area contributed by atoms with Crippen molar-refractivity contribution in [3.05, 3.63) is 30.1 Å². The van der Waals surface area contributed by atoms with Gasteiger partial charge in [-0.2, -0.15) is 0 Å². The maximum absolute atomic E-state index is 11.8. The van der Waals surface area contributed by atoms with E-state index in [1.165, 1.54) is 5.56 Å². The molecule has 1 saturated heterocycles. The Morgan fingerprint density at radius 2 is 2.50 bits per heavy atom. The number of nitrogens with zero attached hydrogens (tertiary/aromatic N) is 2. The molecule has 1 atom stereocenters. The lowest BCUT2D eigenvalue weighted by Crippen LogP contribution is -2.54. The summed E-state index contributed by atoms with van der Waals surface area (Å²) in [6, 6.07) is 3.93. The second-order valence-corrected chi connectivity index (χ2v) is 4.11. The van der Waals surface area contributed by atoms with E-state index in [9.17, 15) is 4.79 Å². The number of amides is 1.